The van der Waals surface area contributed by atoms with Crippen molar-refractivity contribution in [1.29, 1.82) is 0 Å². The van der Waals surface area contributed by atoms with Crippen molar-refractivity contribution < 1.29 is 33.1 Å². The van der Waals surface area contributed by atoms with Gasteiger partial charge in [0.05, 0.1) is 19.8 Å². The molecular weight excluding hydrogens is 442 g/mol. The number of ether oxygens (including phenoxy) is 2. The minimum atomic E-state index is -0.529. The van der Waals surface area contributed by atoms with Crippen molar-refractivity contribution in [2.75, 3.05) is 30.9 Å². The zero-order valence-electron chi connectivity index (χ0n) is 18.3. The van der Waals surface area contributed by atoms with Crippen LogP contribution in [0.15, 0.2) is 71.3 Å². The predicted molar refractivity (Wildman–Crippen MR) is 122 cm³/mol. The number of anilines is 2. The first-order valence-electron chi connectivity index (χ1n) is 10.2. The number of esters is 1. The van der Waals surface area contributed by atoms with E-state index in [-0.39, 0.29) is 37.1 Å². The maximum Gasteiger partial charge on any atom is 0.325 e. The summed E-state index contributed by atoms with van der Waals surface area (Å²) < 4.78 is 15.0. The molecule has 3 aromatic rings. The minimum Gasteiger partial charge on any atom is -0.484 e. The molecule has 3 amide bonds. The summed E-state index contributed by atoms with van der Waals surface area (Å²) in [4.78, 5) is 47.2. The summed E-state index contributed by atoms with van der Waals surface area (Å²) in [6.07, 6.45) is 1.49. The molecule has 0 unspecified atom stereocenters. The number of carbonyl (C=O) groups is 4. The van der Waals surface area contributed by atoms with E-state index in [0.29, 0.717) is 22.7 Å². The summed E-state index contributed by atoms with van der Waals surface area (Å²) >= 11 is 0. The highest BCUT2D eigenvalue weighted by Crippen LogP contribution is 2.18. The Morgan fingerprint density at radius 3 is 2.38 bits per heavy atom. The molecule has 10 nitrogen and oxygen atoms in total. The van der Waals surface area contributed by atoms with E-state index in [2.05, 4.69) is 20.7 Å². The standard InChI is InChI=1S/C24H23N3O7/c1-32-23(30)14-25-21(28)12-16-7-9-17(10-8-16)26-22(29)15-34-19-5-2-4-18(13-19)27-24(31)20-6-3-11-33-20/h2-11,13H,12,14-15H2,1H3,(H,25,28)(H,26,29)(H,27,31). The number of furan rings is 1. The first-order valence-corrected chi connectivity index (χ1v) is 10.2. The van der Waals surface area contributed by atoms with Gasteiger partial charge in [-0.15, -0.1) is 0 Å². The van der Waals surface area contributed by atoms with Crippen molar-refractivity contribution in [3.63, 3.8) is 0 Å². The summed E-state index contributed by atoms with van der Waals surface area (Å²) in [5, 5.41) is 7.84. The second-order valence-corrected chi connectivity index (χ2v) is 7.02. The average Bonchev–Trinajstić information content (AvgIpc) is 3.38. The monoisotopic (exact) mass is 465 g/mol. The summed E-state index contributed by atoms with van der Waals surface area (Å²) in [6, 6.07) is 16.5. The Kier molecular flexibility index (Phi) is 8.39. The van der Waals surface area contributed by atoms with Gasteiger partial charge in [0.15, 0.2) is 12.4 Å². The molecule has 0 saturated carbocycles. The molecule has 0 saturated heterocycles. The molecule has 1 aromatic heterocycles. The van der Waals surface area contributed by atoms with Crippen LogP contribution in [-0.2, 0) is 25.5 Å². The van der Waals surface area contributed by atoms with Gasteiger partial charge in [-0.05, 0) is 42.0 Å². The molecule has 3 rings (SSSR count). The Hall–Kier alpha value is -4.60. The molecule has 176 valence electrons. The molecule has 34 heavy (non-hydrogen) atoms. The fraction of sp³-hybridized carbons (Fsp3) is 0.167. The smallest absolute Gasteiger partial charge is 0.325 e. The molecule has 0 atom stereocenters. The van der Waals surface area contributed by atoms with Crippen molar-refractivity contribution >= 4 is 35.1 Å². The van der Waals surface area contributed by atoms with Crippen molar-refractivity contribution in [3.8, 4) is 5.75 Å². The van der Waals surface area contributed by atoms with Crippen LogP contribution in [0.2, 0.25) is 0 Å². The Labute approximate surface area is 195 Å². The third-order valence-corrected chi connectivity index (χ3v) is 4.47. The summed E-state index contributed by atoms with van der Waals surface area (Å²) in [7, 11) is 1.24. The molecule has 0 aliphatic carbocycles. The highest BCUT2D eigenvalue weighted by molar-refractivity contribution is 6.02. The average molecular weight is 465 g/mol. The third kappa shape index (κ3) is 7.52. The van der Waals surface area contributed by atoms with E-state index in [1.165, 1.54) is 13.4 Å². The highest BCUT2D eigenvalue weighted by Gasteiger charge is 2.10. The van der Waals surface area contributed by atoms with Crippen LogP contribution in [0.25, 0.3) is 0 Å². The van der Waals surface area contributed by atoms with Crippen LogP contribution >= 0.6 is 0 Å². The first kappa shape index (κ1) is 24.1. The topological polar surface area (TPSA) is 136 Å². The normalized spacial score (nSPS) is 10.1. The fourth-order valence-electron chi connectivity index (χ4n) is 2.81. The lowest BCUT2D eigenvalue weighted by molar-refractivity contribution is -0.141. The van der Waals surface area contributed by atoms with E-state index in [1.54, 1.807) is 60.7 Å². The van der Waals surface area contributed by atoms with E-state index in [0.717, 1.165) is 0 Å². The van der Waals surface area contributed by atoms with Crippen LogP contribution in [0.5, 0.6) is 5.75 Å². The van der Waals surface area contributed by atoms with E-state index < -0.39 is 11.9 Å². The van der Waals surface area contributed by atoms with Gasteiger partial charge in [0.25, 0.3) is 11.8 Å². The molecule has 0 aliphatic rings. The number of hydrogen-bond donors (Lipinski definition) is 3. The summed E-state index contributed by atoms with van der Waals surface area (Å²) in [6.45, 7) is -0.435. The lowest BCUT2D eigenvalue weighted by Gasteiger charge is -2.10. The zero-order chi connectivity index (χ0) is 24.3. The number of benzene rings is 2. The first-order chi connectivity index (χ1) is 16.4. The molecule has 1 heterocycles. The van der Waals surface area contributed by atoms with Crippen LogP contribution in [0.3, 0.4) is 0 Å². The minimum absolute atomic E-state index is 0.0845. The molecule has 2 aromatic carbocycles. The second-order valence-electron chi connectivity index (χ2n) is 7.02. The number of methoxy groups -OCH3 is 1. The van der Waals surface area contributed by atoms with Crippen molar-refractivity contribution in [2.24, 2.45) is 0 Å². The number of nitrogens with one attached hydrogen (secondary N) is 3. The van der Waals surface area contributed by atoms with Gasteiger partial charge in [0, 0.05) is 17.4 Å². The lowest BCUT2D eigenvalue weighted by Crippen LogP contribution is -2.31. The van der Waals surface area contributed by atoms with Crippen LogP contribution in [0, 0.1) is 0 Å². The lowest BCUT2D eigenvalue weighted by atomic mass is 10.1. The predicted octanol–water partition coefficient (Wildman–Crippen LogP) is 2.38. The molecule has 0 fully saturated rings. The number of amides is 3. The van der Waals surface area contributed by atoms with E-state index >= 15 is 0 Å². The van der Waals surface area contributed by atoms with Crippen LogP contribution in [-0.4, -0.2) is 44.0 Å². The Morgan fingerprint density at radius 2 is 1.68 bits per heavy atom. The Bertz CT molecular complexity index is 1140. The zero-order valence-corrected chi connectivity index (χ0v) is 18.3. The molecule has 0 bridgehead atoms. The number of rotatable bonds is 10. The van der Waals surface area contributed by atoms with Gasteiger partial charge in [-0.2, -0.15) is 0 Å². The molecular formula is C24H23N3O7. The molecule has 0 spiro atoms. The molecule has 0 aliphatic heterocycles. The van der Waals surface area contributed by atoms with E-state index in [4.69, 9.17) is 9.15 Å². The fourth-order valence-corrected chi connectivity index (χ4v) is 2.81. The van der Waals surface area contributed by atoms with Crippen molar-refractivity contribution in [3.05, 3.63) is 78.3 Å². The van der Waals surface area contributed by atoms with Crippen molar-refractivity contribution in [1.82, 2.24) is 5.32 Å². The Balaban J connectivity index is 1.44. The van der Waals surface area contributed by atoms with E-state index in [1.807, 2.05) is 0 Å². The largest absolute Gasteiger partial charge is 0.484 e. The van der Waals surface area contributed by atoms with Gasteiger partial charge in [-0.1, -0.05) is 18.2 Å². The van der Waals surface area contributed by atoms with Gasteiger partial charge in [0.2, 0.25) is 5.91 Å². The molecule has 3 N–H and O–H groups in total. The van der Waals surface area contributed by atoms with E-state index in [9.17, 15) is 19.2 Å². The molecule has 10 heteroatoms. The van der Waals surface area contributed by atoms with Gasteiger partial charge in [-0.25, -0.2) is 0 Å². The van der Waals surface area contributed by atoms with Gasteiger partial charge in [0.1, 0.15) is 12.3 Å². The summed E-state index contributed by atoms with van der Waals surface area (Å²) in [5.41, 5.74) is 1.74. The second kappa shape index (κ2) is 11.9. The summed E-state index contributed by atoms with van der Waals surface area (Å²) in [5.74, 6) is -1.05. The number of hydrogen-bond acceptors (Lipinski definition) is 7. The van der Waals surface area contributed by atoms with Gasteiger partial charge >= 0.3 is 5.97 Å². The van der Waals surface area contributed by atoms with Gasteiger partial charge < -0.3 is 29.8 Å². The third-order valence-electron chi connectivity index (χ3n) is 4.47. The Morgan fingerprint density at radius 1 is 0.882 bits per heavy atom. The van der Waals surface area contributed by atoms with Crippen LogP contribution in [0.1, 0.15) is 16.1 Å². The highest BCUT2D eigenvalue weighted by atomic mass is 16.5. The SMILES string of the molecule is COC(=O)CNC(=O)Cc1ccc(NC(=O)COc2cccc(NC(=O)c3ccco3)c2)cc1. The molecule has 0 radical (unpaired) electrons. The maximum atomic E-state index is 12.2. The van der Waals surface area contributed by atoms with Crippen LogP contribution in [0.4, 0.5) is 11.4 Å². The van der Waals surface area contributed by atoms with Gasteiger partial charge in [-0.3, -0.25) is 19.2 Å². The number of carbonyl (C=O) groups excluding carboxylic acids is 4. The van der Waals surface area contributed by atoms with Crippen molar-refractivity contribution in [2.45, 2.75) is 6.42 Å². The maximum absolute atomic E-state index is 12.2. The quantitative estimate of drug-likeness (QED) is 0.391. The van der Waals surface area contributed by atoms with Crippen LogP contribution < -0.4 is 20.7 Å².